The van der Waals surface area contributed by atoms with E-state index in [0.29, 0.717) is 0 Å². The summed E-state index contributed by atoms with van der Waals surface area (Å²) in [5.74, 6) is -0.739. The van der Waals surface area contributed by atoms with Gasteiger partial charge in [0.2, 0.25) is 0 Å². The number of amides is 1. The zero-order chi connectivity index (χ0) is 22.6. The number of pyridine rings is 1. The first-order chi connectivity index (χ1) is 14.6. The summed E-state index contributed by atoms with van der Waals surface area (Å²) in [5, 5.41) is 3.88. The van der Waals surface area contributed by atoms with E-state index >= 15 is 0 Å². The fourth-order valence-electron chi connectivity index (χ4n) is 2.62. The van der Waals surface area contributed by atoms with Crippen LogP contribution in [0.2, 0.25) is 0 Å². The molecule has 0 unspecified atom stereocenters. The van der Waals surface area contributed by atoms with Gasteiger partial charge in [-0.15, -0.1) is 0 Å². The lowest BCUT2D eigenvalue weighted by molar-refractivity contribution is -0.138. The van der Waals surface area contributed by atoms with Crippen LogP contribution in [0.5, 0.6) is 0 Å². The lowest BCUT2D eigenvalue weighted by Gasteiger charge is -2.12. The third-order valence-corrected chi connectivity index (χ3v) is 4.12. The summed E-state index contributed by atoms with van der Waals surface area (Å²) in [5.41, 5.74) is 0.162. The van der Waals surface area contributed by atoms with Crippen LogP contribution in [0.3, 0.4) is 0 Å². The minimum Gasteiger partial charge on any atom is -0.266 e. The van der Waals surface area contributed by atoms with Crippen molar-refractivity contribution in [3.8, 4) is 0 Å². The molecule has 0 aliphatic heterocycles. The lowest BCUT2D eigenvalue weighted by Crippen LogP contribution is -2.22. The Morgan fingerprint density at radius 2 is 1.45 bits per heavy atom. The number of benzene rings is 2. The summed E-state index contributed by atoms with van der Waals surface area (Å²) in [6, 6.07) is 12.3. The van der Waals surface area contributed by atoms with E-state index in [9.17, 15) is 31.1 Å². The molecule has 0 spiro atoms. The van der Waals surface area contributed by atoms with Gasteiger partial charge >= 0.3 is 12.4 Å². The van der Waals surface area contributed by atoms with Crippen LogP contribution in [-0.4, -0.2) is 16.6 Å². The molecule has 0 bridgehead atoms. The number of hydrogen-bond donors (Lipinski definition) is 1. The SMILES string of the molecule is O=C(N/N=C(/c1ccc(C(F)(F)F)cc1)c1cccc(C(F)(F)F)c1)c1ccccn1. The van der Waals surface area contributed by atoms with Crippen LogP contribution < -0.4 is 5.43 Å². The number of carbonyl (C=O) groups is 1. The average Bonchev–Trinajstić information content (AvgIpc) is 2.74. The zero-order valence-corrected chi connectivity index (χ0v) is 15.5. The molecular formula is C21H13F6N3O. The molecule has 0 aliphatic carbocycles. The van der Waals surface area contributed by atoms with Gasteiger partial charge in [-0.05, 0) is 36.4 Å². The Labute approximate surface area is 172 Å². The topological polar surface area (TPSA) is 54.4 Å². The van der Waals surface area contributed by atoms with Crippen LogP contribution in [0.4, 0.5) is 26.3 Å². The van der Waals surface area contributed by atoms with E-state index in [1.807, 2.05) is 0 Å². The molecule has 0 saturated heterocycles. The minimum absolute atomic E-state index is 0.00191. The fourth-order valence-corrected chi connectivity index (χ4v) is 2.62. The van der Waals surface area contributed by atoms with E-state index in [2.05, 4.69) is 15.5 Å². The van der Waals surface area contributed by atoms with Crippen LogP contribution in [0, 0.1) is 0 Å². The smallest absolute Gasteiger partial charge is 0.266 e. The highest BCUT2D eigenvalue weighted by molar-refractivity contribution is 6.13. The van der Waals surface area contributed by atoms with Crippen LogP contribution >= 0.6 is 0 Å². The highest BCUT2D eigenvalue weighted by Crippen LogP contribution is 2.31. The molecule has 3 rings (SSSR count). The second kappa shape index (κ2) is 8.58. The molecular weight excluding hydrogens is 424 g/mol. The van der Waals surface area contributed by atoms with Gasteiger partial charge in [-0.25, -0.2) is 5.43 Å². The summed E-state index contributed by atoms with van der Waals surface area (Å²) < 4.78 is 77.9. The van der Waals surface area contributed by atoms with Gasteiger partial charge in [0.1, 0.15) is 5.69 Å². The molecule has 0 radical (unpaired) electrons. The number of aromatic nitrogens is 1. The molecule has 0 saturated carbocycles. The van der Waals surface area contributed by atoms with Crippen LogP contribution in [0.25, 0.3) is 0 Å². The second-order valence-electron chi connectivity index (χ2n) is 6.27. The molecule has 1 amide bonds. The van der Waals surface area contributed by atoms with Crippen molar-refractivity contribution >= 4 is 11.6 Å². The predicted octanol–water partition coefficient (Wildman–Crippen LogP) is 5.30. The summed E-state index contributed by atoms with van der Waals surface area (Å²) in [7, 11) is 0. The number of carbonyl (C=O) groups excluding carboxylic acids is 1. The molecule has 0 atom stereocenters. The third kappa shape index (κ3) is 5.47. The Kier molecular flexibility index (Phi) is 6.09. The van der Waals surface area contributed by atoms with E-state index in [1.165, 1.54) is 18.3 Å². The van der Waals surface area contributed by atoms with Gasteiger partial charge in [0, 0.05) is 17.3 Å². The maximum Gasteiger partial charge on any atom is 0.416 e. The van der Waals surface area contributed by atoms with Crippen molar-refractivity contribution < 1.29 is 31.1 Å². The molecule has 160 valence electrons. The van der Waals surface area contributed by atoms with Gasteiger partial charge in [-0.3, -0.25) is 9.78 Å². The van der Waals surface area contributed by atoms with Crippen LogP contribution in [0.1, 0.15) is 32.7 Å². The zero-order valence-electron chi connectivity index (χ0n) is 15.5. The Morgan fingerprint density at radius 1 is 0.774 bits per heavy atom. The quantitative estimate of drug-likeness (QED) is 0.342. The van der Waals surface area contributed by atoms with E-state index in [1.54, 1.807) is 12.1 Å². The van der Waals surface area contributed by atoms with E-state index in [-0.39, 0.29) is 22.5 Å². The molecule has 1 heterocycles. The highest BCUT2D eigenvalue weighted by atomic mass is 19.4. The molecule has 4 nitrogen and oxygen atoms in total. The summed E-state index contributed by atoms with van der Waals surface area (Å²) >= 11 is 0. The van der Waals surface area contributed by atoms with Gasteiger partial charge in [-0.2, -0.15) is 31.4 Å². The first-order valence-corrected chi connectivity index (χ1v) is 8.70. The highest BCUT2D eigenvalue weighted by Gasteiger charge is 2.32. The van der Waals surface area contributed by atoms with E-state index in [0.717, 1.165) is 42.5 Å². The molecule has 0 aliphatic rings. The minimum atomic E-state index is -4.64. The first kappa shape index (κ1) is 22.0. The summed E-state index contributed by atoms with van der Waals surface area (Å²) in [6.07, 6.45) is -7.86. The van der Waals surface area contributed by atoms with E-state index in [4.69, 9.17) is 0 Å². The third-order valence-electron chi connectivity index (χ3n) is 4.12. The lowest BCUT2D eigenvalue weighted by atomic mass is 9.99. The van der Waals surface area contributed by atoms with Crippen molar-refractivity contribution in [1.82, 2.24) is 10.4 Å². The number of nitrogens with one attached hydrogen (secondary N) is 1. The van der Waals surface area contributed by atoms with Gasteiger partial charge in [0.25, 0.3) is 5.91 Å². The molecule has 1 aromatic heterocycles. The Morgan fingerprint density at radius 3 is 2.03 bits per heavy atom. The number of hydrazone groups is 1. The molecule has 0 fully saturated rings. The van der Waals surface area contributed by atoms with Crippen LogP contribution in [0.15, 0.2) is 78.0 Å². The number of hydrogen-bond acceptors (Lipinski definition) is 3. The number of rotatable bonds is 4. The monoisotopic (exact) mass is 437 g/mol. The Balaban J connectivity index is 2.03. The normalized spacial score (nSPS) is 12.5. The molecule has 3 aromatic rings. The second-order valence-corrected chi connectivity index (χ2v) is 6.27. The standard InChI is InChI=1S/C21H13F6N3O/c22-20(23,24)15-9-7-13(8-10-15)18(14-4-3-5-16(12-14)21(25,26)27)29-30-19(31)17-6-1-2-11-28-17/h1-12H,(H,30,31)/b29-18-. The van der Waals surface area contributed by atoms with Crippen molar-refractivity contribution in [1.29, 1.82) is 0 Å². The Bertz CT molecular complexity index is 1090. The average molecular weight is 437 g/mol. The van der Waals surface area contributed by atoms with Crippen molar-refractivity contribution in [2.24, 2.45) is 5.10 Å². The van der Waals surface area contributed by atoms with Crippen molar-refractivity contribution in [3.63, 3.8) is 0 Å². The van der Waals surface area contributed by atoms with Gasteiger partial charge < -0.3 is 0 Å². The molecule has 10 heteroatoms. The van der Waals surface area contributed by atoms with E-state index < -0.39 is 29.4 Å². The van der Waals surface area contributed by atoms with Gasteiger partial charge in [-0.1, -0.05) is 30.3 Å². The van der Waals surface area contributed by atoms with Gasteiger partial charge in [0.15, 0.2) is 0 Å². The molecule has 1 N–H and O–H groups in total. The number of nitrogens with zero attached hydrogens (tertiary/aromatic N) is 2. The fraction of sp³-hybridized carbons (Fsp3) is 0.0952. The summed E-state index contributed by atoms with van der Waals surface area (Å²) in [6.45, 7) is 0. The number of alkyl halides is 6. The maximum absolute atomic E-state index is 13.1. The molecule has 2 aromatic carbocycles. The van der Waals surface area contributed by atoms with Crippen molar-refractivity contribution in [2.75, 3.05) is 0 Å². The maximum atomic E-state index is 13.1. The predicted molar refractivity (Wildman–Crippen MR) is 100 cm³/mol. The molecule has 31 heavy (non-hydrogen) atoms. The van der Waals surface area contributed by atoms with Crippen molar-refractivity contribution in [3.05, 3.63) is 101 Å². The van der Waals surface area contributed by atoms with Crippen molar-refractivity contribution in [2.45, 2.75) is 12.4 Å². The summed E-state index contributed by atoms with van der Waals surface area (Å²) in [4.78, 5) is 16.0. The first-order valence-electron chi connectivity index (χ1n) is 8.70. The van der Waals surface area contributed by atoms with Crippen LogP contribution in [-0.2, 0) is 12.4 Å². The largest absolute Gasteiger partial charge is 0.416 e. The van der Waals surface area contributed by atoms with Gasteiger partial charge in [0.05, 0.1) is 16.8 Å². The Hall–Kier alpha value is -3.69. The number of halogens is 6.